The molecule has 1 aliphatic rings. The van der Waals surface area contributed by atoms with Gasteiger partial charge in [-0.25, -0.2) is 0 Å². The number of ether oxygens (including phenoxy) is 1. The van der Waals surface area contributed by atoms with Gasteiger partial charge in [-0.2, -0.15) is 0 Å². The summed E-state index contributed by atoms with van der Waals surface area (Å²) < 4.78 is 11.1. The highest BCUT2D eigenvalue weighted by Crippen LogP contribution is 2.22. The lowest BCUT2D eigenvalue weighted by Crippen LogP contribution is -2.47. The Morgan fingerprint density at radius 1 is 1.25 bits per heavy atom. The molecule has 4 nitrogen and oxygen atoms in total. The molecule has 0 N–H and O–H groups in total. The number of hydrogen-bond acceptors (Lipinski definition) is 4. The van der Waals surface area contributed by atoms with Crippen molar-refractivity contribution in [2.75, 3.05) is 19.6 Å². The minimum atomic E-state index is 0.108. The third-order valence-corrected chi connectivity index (χ3v) is 3.64. The number of hydrogen-bond donors (Lipinski definition) is 0. The van der Waals surface area contributed by atoms with Crippen molar-refractivity contribution < 1.29 is 13.9 Å². The molecule has 0 spiro atoms. The Morgan fingerprint density at radius 2 is 1.95 bits per heavy atom. The number of carbonyl (C=O) groups is 1. The zero-order chi connectivity index (χ0) is 14.1. The summed E-state index contributed by atoms with van der Waals surface area (Å²) in [7, 11) is 0. The first-order valence-corrected chi connectivity index (χ1v) is 7.00. The fraction of sp³-hybridized carbons (Fsp3) is 0.438. The third kappa shape index (κ3) is 2.62. The average Bonchev–Trinajstić information content (AvgIpc) is 2.81. The topological polar surface area (TPSA) is 42.7 Å². The van der Waals surface area contributed by atoms with Gasteiger partial charge in [0.1, 0.15) is 11.8 Å². The van der Waals surface area contributed by atoms with E-state index in [1.807, 2.05) is 38.1 Å². The highest BCUT2D eigenvalue weighted by Gasteiger charge is 2.25. The van der Waals surface area contributed by atoms with Crippen LogP contribution in [0.25, 0.3) is 11.0 Å². The van der Waals surface area contributed by atoms with Crippen LogP contribution in [-0.4, -0.2) is 42.5 Å². The summed E-state index contributed by atoms with van der Waals surface area (Å²) >= 11 is 0. The standard InChI is InChI=1S/C16H19NO3/c1-11-7-17(8-12(2)20-11)9-15(18)14-10-19-16-6-4-3-5-13(14)16/h3-6,10-12H,7-9H2,1-2H3. The minimum absolute atomic E-state index is 0.108. The second kappa shape index (κ2) is 5.38. The van der Waals surface area contributed by atoms with Crippen molar-refractivity contribution >= 4 is 16.8 Å². The van der Waals surface area contributed by atoms with Crippen LogP contribution in [0.4, 0.5) is 0 Å². The van der Waals surface area contributed by atoms with Crippen LogP contribution >= 0.6 is 0 Å². The summed E-state index contributed by atoms with van der Waals surface area (Å²) in [4.78, 5) is 14.6. The van der Waals surface area contributed by atoms with Gasteiger partial charge < -0.3 is 9.15 Å². The van der Waals surface area contributed by atoms with Crippen LogP contribution in [0.2, 0.25) is 0 Å². The molecule has 2 atom stereocenters. The van der Waals surface area contributed by atoms with Gasteiger partial charge in [-0.15, -0.1) is 0 Å². The fourth-order valence-electron chi connectivity index (χ4n) is 2.90. The van der Waals surface area contributed by atoms with Gasteiger partial charge in [0.25, 0.3) is 0 Å². The van der Waals surface area contributed by atoms with Crippen LogP contribution in [0, 0.1) is 0 Å². The highest BCUT2D eigenvalue weighted by molar-refractivity contribution is 6.08. The Hall–Kier alpha value is -1.65. The van der Waals surface area contributed by atoms with Gasteiger partial charge in [-0.1, -0.05) is 18.2 Å². The van der Waals surface area contributed by atoms with Gasteiger partial charge in [-0.05, 0) is 19.9 Å². The molecule has 1 saturated heterocycles. The Bertz CT molecular complexity index is 609. The quantitative estimate of drug-likeness (QED) is 0.806. The maximum atomic E-state index is 12.5. The molecule has 2 unspecified atom stereocenters. The van der Waals surface area contributed by atoms with Gasteiger partial charge >= 0.3 is 0 Å². The van der Waals surface area contributed by atoms with Crippen molar-refractivity contribution in [2.45, 2.75) is 26.1 Å². The Morgan fingerprint density at radius 3 is 2.70 bits per heavy atom. The van der Waals surface area contributed by atoms with Crippen molar-refractivity contribution in [3.63, 3.8) is 0 Å². The molecule has 1 aromatic heterocycles. The minimum Gasteiger partial charge on any atom is -0.464 e. The van der Waals surface area contributed by atoms with Crippen LogP contribution in [-0.2, 0) is 4.74 Å². The fourth-order valence-corrected chi connectivity index (χ4v) is 2.90. The second-order valence-electron chi connectivity index (χ2n) is 5.52. The molecule has 1 aromatic carbocycles. The van der Waals surface area contributed by atoms with E-state index in [0.29, 0.717) is 12.1 Å². The largest absolute Gasteiger partial charge is 0.464 e. The van der Waals surface area contributed by atoms with E-state index in [4.69, 9.17) is 9.15 Å². The number of rotatable bonds is 3. The Balaban J connectivity index is 1.76. The molecule has 0 aliphatic carbocycles. The molecule has 0 bridgehead atoms. The van der Waals surface area contributed by atoms with Gasteiger partial charge in [0.05, 0.1) is 24.3 Å². The number of benzene rings is 1. The summed E-state index contributed by atoms with van der Waals surface area (Å²) in [5.74, 6) is 0.108. The zero-order valence-corrected chi connectivity index (χ0v) is 11.8. The van der Waals surface area contributed by atoms with Crippen LogP contribution < -0.4 is 0 Å². The molecule has 0 saturated carbocycles. The van der Waals surface area contributed by atoms with Crippen molar-refractivity contribution in [1.29, 1.82) is 0 Å². The number of nitrogens with zero attached hydrogens (tertiary/aromatic N) is 1. The Labute approximate surface area is 118 Å². The highest BCUT2D eigenvalue weighted by atomic mass is 16.5. The van der Waals surface area contributed by atoms with E-state index in [1.54, 1.807) is 6.26 Å². The van der Waals surface area contributed by atoms with Crippen LogP contribution in [0.5, 0.6) is 0 Å². The van der Waals surface area contributed by atoms with Gasteiger partial charge in [0.2, 0.25) is 0 Å². The molecule has 20 heavy (non-hydrogen) atoms. The monoisotopic (exact) mass is 273 g/mol. The second-order valence-corrected chi connectivity index (χ2v) is 5.52. The normalized spacial score (nSPS) is 24.1. The average molecular weight is 273 g/mol. The van der Waals surface area contributed by atoms with Gasteiger partial charge in [0, 0.05) is 18.5 Å². The summed E-state index contributed by atoms with van der Waals surface area (Å²) in [6.45, 7) is 6.10. The van der Waals surface area contributed by atoms with E-state index < -0.39 is 0 Å². The molecular formula is C16H19NO3. The molecule has 0 amide bonds. The summed E-state index contributed by atoms with van der Waals surface area (Å²) in [6, 6.07) is 7.64. The maximum Gasteiger partial charge on any atom is 0.180 e. The molecule has 2 heterocycles. The van der Waals surface area contributed by atoms with Crippen molar-refractivity contribution in [2.24, 2.45) is 0 Å². The predicted octanol–water partition coefficient (Wildman–Crippen LogP) is 2.72. The lowest BCUT2D eigenvalue weighted by Gasteiger charge is -2.34. The number of fused-ring (bicyclic) bond motifs is 1. The van der Waals surface area contributed by atoms with Gasteiger partial charge in [-0.3, -0.25) is 9.69 Å². The van der Waals surface area contributed by atoms with E-state index in [1.165, 1.54) is 0 Å². The van der Waals surface area contributed by atoms with Crippen LogP contribution in [0.15, 0.2) is 34.9 Å². The van der Waals surface area contributed by atoms with E-state index in [0.717, 1.165) is 24.1 Å². The molecule has 106 valence electrons. The number of carbonyl (C=O) groups excluding carboxylic acids is 1. The van der Waals surface area contributed by atoms with E-state index >= 15 is 0 Å². The first kappa shape index (κ1) is 13.3. The molecule has 1 fully saturated rings. The zero-order valence-electron chi connectivity index (χ0n) is 11.8. The first-order chi connectivity index (χ1) is 9.63. The molecule has 4 heteroatoms. The smallest absolute Gasteiger partial charge is 0.180 e. The molecule has 1 aliphatic heterocycles. The number of morpholine rings is 1. The number of Topliss-reactive ketones (excluding diaryl/α,β-unsaturated/α-hetero) is 1. The summed E-state index contributed by atoms with van der Waals surface area (Å²) in [6.07, 6.45) is 1.92. The van der Waals surface area contributed by atoms with Crippen LogP contribution in [0.1, 0.15) is 24.2 Å². The Kier molecular flexibility index (Phi) is 3.59. The predicted molar refractivity (Wildman–Crippen MR) is 77.0 cm³/mol. The third-order valence-electron chi connectivity index (χ3n) is 3.64. The van der Waals surface area contributed by atoms with E-state index in [-0.39, 0.29) is 18.0 Å². The first-order valence-electron chi connectivity index (χ1n) is 7.00. The van der Waals surface area contributed by atoms with Gasteiger partial charge in [0.15, 0.2) is 5.78 Å². The van der Waals surface area contributed by atoms with Crippen molar-refractivity contribution in [3.8, 4) is 0 Å². The number of furan rings is 1. The molecular weight excluding hydrogens is 254 g/mol. The summed E-state index contributed by atoms with van der Waals surface area (Å²) in [5, 5.41) is 0.895. The number of para-hydroxylation sites is 1. The SMILES string of the molecule is CC1CN(CC(=O)c2coc3ccccc23)CC(C)O1. The maximum absolute atomic E-state index is 12.5. The van der Waals surface area contributed by atoms with Crippen molar-refractivity contribution in [3.05, 3.63) is 36.1 Å². The lowest BCUT2D eigenvalue weighted by molar-refractivity contribution is -0.0652. The van der Waals surface area contributed by atoms with Crippen LogP contribution in [0.3, 0.4) is 0 Å². The number of ketones is 1. The lowest BCUT2D eigenvalue weighted by atomic mass is 10.1. The summed E-state index contributed by atoms with van der Waals surface area (Å²) in [5.41, 5.74) is 1.44. The van der Waals surface area contributed by atoms with Crippen molar-refractivity contribution in [1.82, 2.24) is 4.90 Å². The molecule has 2 aromatic rings. The van der Waals surface area contributed by atoms with E-state index in [9.17, 15) is 4.79 Å². The molecule has 0 radical (unpaired) electrons. The molecule has 3 rings (SSSR count). The van der Waals surface area contributed by atoms with E-state index in [2.05, 4.69) is 4.90 Å².